The molecule has 2 saturated heterocycles. The minimum absolute atomic E-state index is 0.513. The van der Waals surface area contributed by atoms with Gasteiger partial charge in [0.25, 0.3) is 0 Å². The molecule has 2 heterocycles. The third-order valence-electron chi connectivity index (χ3n) is 3.86. The molecule has 0 unspecified atom stereocenters. The second-order valence-electron chi connectivity index (χ2n) is 5.92. The molecule has 0 aromatic carbocycles. The lowest BCUT2D eigenvalue weighted by atomic mass is 9.72. The van der Waals surface area contributed by atoms with Crippen molar-refractivity contribution >= 4 is 0 Å². The van der Waals surface area contributed by atoms with Gasteiger partial charge in [-0.3, -0.25) is 4.90 Å². The van der Waals surface area contributed by atoms with Crippen molar-refractivity contribution in [2.24, 2.45) is 11.3 Å². The van der Waals surface area contributed by atoms with Crippen molar-refractivity contribution < 1.29 is 0 Å². The van der Waals surface area contributed by atoms with Gasteiger partial charge < -0.3 is 4.90 Å². The Morgan fingerprint density at radius 3 is 2.38 bits per heavy atom. The van der Waals surface area contributed by atoms with Gasteiger partial charge in [0.2, 0.25) is 0 Å². The summed E-state index contributed by atoms with van der Waals surface area (Å²) in [5.41, 5.74) is 0.659. The van der Waals surface area contributed by atoms with E-state index in [1.807, 2.05) is 0 Å². The molecule has 90 valence electrons. The molecule has 0 aliphatic carbocycles. The van der Waals surface area contributed by atoms with E-state index < -0.39 is 0 Å². The van der Waals surface area contributed by atoms with Crippen molar-refractivity contribution in [3.05, 3.63) is 0 Å². The van der Waals surface area contributed by atoms with E-state index in [9.17, 15) is 0 Å². The summed E-state index contributed by atoms with van der Waals surface area (Å²) in [7, 11) is 2.23. The molecule has 2 aliphatic rings. The van der Waals surface area contributed by atoms with Crippen LogP contribution in [0.5, 0.6) is 0 Å². The van der Waals surface area contributed by atoms with E-state index in [1.165, 1.54) is 39.0 Å². The molecule has 2 heteroatoms. The van der Waals surface area contributed by atoms with Crippen LogP contribution in [0, 0.1) is 23.2 Å². The van der Waals surface area contributed by atoms with E-state index >= 15 is 0 Å². The Balaban J connectivity index is 1.72. The minimum atomic E-state index is 0.513. The van der Waals surface area contributed by atoms with Crippen LogP contribution in [0.15, 0.2) is 0 Å². The van der Waals surface area contributed by atoms with Gasteiger partial charge in [0.05, 0.1) is 6.54 Å². The lowest BCUT2D eigenvalue weighted by Crippen LogP contribution is -2.59. The van der Waals surface area contributed by atoms with Gasteiger partial charge in [-0.15, -0.1) is 0 Å². The molecule has 2 nitrogen and oxygen atoms in total. The van der Waals surface area contributed by atoms with Crippen LogP contribution in [0.2, 0.25) is 0 Å². The summed E-state index contributed by atoms with van der Waals surface area (Å²) in [4.78, 5) is 4.95. The summed E-state index contributed by atoms with van der Waals surface area (Å²) in [5, 5.41) is 0. The average Bonchev–Trinajstić information content (AvgIpc) is 2.18. The fourth-order valence-electron chi connectivity index (χ4n) is 2.78. The highest BCUT2D eigenvalue weighted by Gasteiger charge is 2.43. The first-order valence-corrected chi connectivity index (χ1v) is 6.49. The normalized spacial score (nSPS) is 25.2. The molecule has 2 fully saturated rings. The maximum absolute atomic E-state index is 3.28. The predicted octanol–water partition coefficient (Wildman–Crippen LogP) is 1.67. The van der Waals surface area contributed by atoms with Gasteiger partial charge in [-0.25, -0.2) is 0 Å². The highest BCUT2D eigenvalue weighted by atomic mass is 15.2. The maximum atomic E-state index is 3.28. The van der Waals surface area contributed by atoms with Gasteiger partial charge in [0, 0.05) is 19.0 Å². The third-order valence-corrected chi connectivity index (χ3v) is 3.86. The monoisotopic (exact) mass is 220 g/mol. The van der Waals surface area contributed by atoms with Gasteiger partial charge in [-0.1, -0.05) is 25.7 Å². The van der Waals surface area contributed by atoms with Gasteiger partial charge in [0.15, 0.2) is 0 Å². The molecule has 0 atom stereocenters. The number of hydrogen-bond acceptors (Lipinski definition) is 2. The Morgan fingerprint density at radius 2 is 1.81 bits per heavy atom. The Kier molecular flexibility index (Phi) is 3.56. The van der Waals surface area contributed by atoms with Crippen molar-refractivity contribution in [2.75, 3.05) is 39.8 Å². The standard InChI is InChI=1S/C14H24N2/c1-13(2)5-4-8-16-11-14(12-16)6-9-15(3)10-7-14/h13H,6-12H2,1-3H3. The Labute approximate surface area is 100.0 Å². The van der Waals surface area contributed by atoms with E-state index in [4.69, 9.17) is 0 Å². The predicted molar refractivity (Wildman–Crippen MR) is 68.2 cm³/mol. The smallest absolute Gasteiger partial charge is 0.0602 e. The van der Waals surface area contributed by atoms with Gasteiger partial charge in [-0.2, -0.15) is 0 Å². The Morgan fingerprint density at radius 1 is 1.19 bits per heavy atom. The molecule has 2 aliphatic heterocycles. The summed E-state index contributed by atoms with van der Waals surface area (Å²) in [5.74, 6) is 7.04. The van der Waals surface area contributed by atoms with Crippen molar-refractivity contribution in [1.29, 1.82) is 0 Å². The second kappa shape index (κ2) is 4.77. The zero-order valence-corrected chi connectivity index (χ0v) is 10.9. The van der Waals surface area contributed by atoms with Crippen LogP contribution in [0.4, 0.5) is 0 Å². The third kappa shape index (κ3) is 2.78. The molecule has 16 heavy (non-hydrogen) atoms. The first-order valence-electron chi connectivity index (χ1n) is 6.49. The van der Waals surface area contributed by atoms with Crippen LogP contribution in [0.1, 0.15) is 26.7 Å². The van der Waals surface area contributed by atoms with Crippen LogP contribution in [-0.2, 0) is 0 Å². The lowest BCUT2D eigenvalue weighted by molar-refractivity contribution is -0.0342. The summed E-state index contributed by atoms with van der Waals surface area (Å²) in [6.45, 7) is 10.4. The molecule has 0 aromatic heterocycles. The molecular weight excluding hydrogens is 196 g/mol. The fourth-order valence-corrected chi connectivity index (χ4v) is 2.78. The molecule has 0 N–H and O–H groups in total. The van der Waals surface area contributed by atoms with Crippen molar-refractivity contribution in [2.45, 2.75) is 26.7 Å². The first-order chi connectivity index (χ1) is 7.60. The van der Waals surface area contributed by atoms with E-state index in [-0.39, 0.29) is 0 Å². The molecule has 0 bridgehead atoms. The van der Waals surface area contributed by atoms with Crippen molar-refractivity contribution in [3.8, 4) is 11.8 Å². The Hall–Kier alpha value is -0.520. The van der Waals surface area contributed by atoms with Crippen LogP contribution >= 0.6 is 0 Å². The number of piperidine rings is 1. The number of nitrogens with zero attached hydrogens (tertiary/aromatic N) is 2. The minimum Gasteiger partial charge on any atom is -0.306 e. The summed E-state index contributed by atoms with van der Waals surface area (Å²) in [6, 6.07) is 0. The second-order valence-corrected chi connectivity index (χ2v) is 5.92. The summed E-state index contributed by atoms with van der Waals surface area (Å²) >= 11 is 0. The van der Waals surface area contributed by atoms with Crippen molar-refractivity contribution in [3.63, 3.8) is 0 Å². The largest absolute Gasteiger partial charge is 0.306 e. The molecule has 2 rings (SSSR count). The van der Waals surface area contributed by atoms with Crippen LogP contribution in [0.3, 0.4) is 0 Å². The van der Waals surface area contributed by atoms with Crippen LogP contribution in [0.25, 0.3) is 0 Å². The number of rotatable bonds is 1. The molecular formula is C14H24N2. The summed E-state index contributed by atoms with van der Waals surface area (Å²) in [6.07, 6.45) is 2.77. The van der Waals surface area contributed by atoms with Crippen LogP contribution < -0.4 is 0 Å². The topological polar surface area (TPSA) is 6.48 Å². The fraction of sp³-hybridized carbons (Fsp3) is 0.857. The van der Waals surface area contributed by atoms with E-state index in [0.29, 0.717) is 11.3 Å². The van der Waals surface area contributed by atoms with Crippen LogP contribution in [-0.4, -0.2) is 49.6 Å². The number of likely N-dealkylation sites (tertiary alicyclic amines) is 2. The number of hydrogen-bond donors (Lipinski definition) is 0. The molecule has 0 radical (unpaired) electrons. The highest BCUT2D eigenvalue weighted by molar-refractivity contribution is 5.07. The molecule has 1 spiro atoms. The Bertz CT molecular complexity index is 282. The lowest BCUT2D eigenvalue weighted by Gasteiger charge is -2.53. The molecule has 0 amide bonds. The molecule has 0 aromatic rings. The van der Waals surface area contributed by atoms with Gasteiger partial charge in [0.1, 0.15) is 0 Å². The maximum Gasteiger partial charge on any atom is 0.0602 e. The first kappa shape index (κ1) is 12.0. The van der Waals surface area contributed by atoms with E-state index in [0.717, 1.165) is 6.54 Å². The van der Waals surface area contributed by atoms with E-state index in [1.54, 1.807) is 0 Å². The van der Waals surface area contributed by atoms with E-state index in [2.05, 4.69) is 42.5 Å². The quantitative estimate of drug-likeness (QED) is 0.620. The zero-order chi connectivity index (χ0) is 11.6. The highest BCUT2D eigenvalue weighted by Crippen LogP contribution is 2.39. The zero-order valence-electron chi connectivity index (χ0n) is 10.9. The van der Waals surface area contributed by atoms with Gasteiger partial charge in [-0.05, 0) is 38.4 Å². The van der Waals surface area contributed by atoms with Crippen molar-refractivity contribution in [1.82, 2.24) is 9.80 Å². The SMILES string of the molecule is CC(C)C#CCN1CC2(CCN(C)CC2)C1. The molecule has 0 saturated carbocycles. The average molecular weight is 220 g/mol. The summed E-state index contributed by atoms with van der Waals surface area (Å²) < 4.78 is 0. The van der Waals surface area contributed by atoms with Gasteiger partial charge >= 0.3 is 0 Å².